The van der Waals surface area contributed by atoms with Gasteiger partial charge >= 0.3 is 0 Å². The van der Waals surface area contributed by atoms with Crippen LogP contribution in [0.3, 0.4) is 0 Å². The quantitative estimate of drug-likeness (QED) is 0.835. The first-order valence-corrected chi connectivity index (χ1v) is 7.78. The summed E-state index contributed by atoms with van der Waals surface area (Å²) >= 11 is 0. The standard InChI is InChI=1S/C18H23NO2/c1-3-14-5-4-6-16(10-14)20-12-17-9-13(2)18(21-17)11-19-15-7-8-15/h4-6,9-10,15,19H,3,7-8,11-12H2,1-2H3. The van der Waals surface area contributed by atoms with E-state index in [9.17, 15) is 0 Å². The van der Waals surface area contributed by atoms with Gasteiger partial charge in [0, 0.05) is 6.04 Å². The van der Waals surface area contributed by atoms with Crippen molar-refractivity contribution in [1.82, 2.24) is 5.32 Å². The van der Waals surface area contributed by atoms with Crippen molar-refractivity contribution in [3.05, 3.63) is 53.0 Å². The molecule has 1 aliphatic rings. The molecule has 2 aromatic rings. The van der Waals surface area contributed by atoms with Crippen LogP contribution in [0.5, 0.6) is 5.75 Å². The molecule has 0 aliphatic heterocycles. The maximum absolute atomic E-state index is 5.88. The van der Waals surface area contributed by atoms with Gasteiger partial charge in [0.2, 0.25) is 0 Å². The van der Waals surface area contributed by atoms with Crippen LogP contribution in [0.25, 0.3) is 0 Å². The van der Waals surface area contributed by atoms with E-state index in [-0.39, 0.29) is 0 Å². The first-order valence-electron chi connectivity index (χ1n) is 7.78. The number of rotatable bonds is 7. The van der Waals surface area contributed by atoms with Crippen molar-refractivity contribution < 1.29 is 9.15 Å². The Bertz CT molecular complexity index is 599. The van der Waals surface area contributed by atoms with E-state index in [1.165, 1.54) is 24.0 Å². The van der Waals surface area contributed by atoms with Gasteiger partial charge in [-0.05, 0) is 55.5 Å². The van der Waals surface area contributed by atoms with Gasteiger partial charge in [-0.25, -0.2) is 0 Å². The van der Waals surface area contributed by atoms with Gasteiger partial charge in [-0.2, -0.15) is 0 Å². The van der Waals surface area contributed by atoms with Gasteiger partial charge in [-0.15, -0.1) is 0 Å². The van der Waals surface area contributed by atoms with Crippen LogP contribution >= 0.6 is 0 Å². The number of nitrogens with one attached hydrogen (secondary N) is 1. The number of furan rings is 1. The second-order valence-corrected chi connectivity index (χ2v) is 5.76. The molecule has 1 heterocycles. The third kappa shape index (κ3) is 3.88. The Balaban J connectivity index is 1.57. The molecule has 0 amide bonds. The predicted molar refractivity (Wildman–Crippen MR) is 83.5 cm³/mol. The van der Waals surface area contributed by atoms with E-state index in [2.05, 4.69) is 37.4 Å². The van der Waals surface area contributed by atoms with E-state index in [0.717, 1.165) is 30.2 Å². The van der Waals surface area contributed by atoms with E-state index in [1.54, 1.807) is 0 Å². The fourth-order valence-electron chi connectivity index (χ4n) is 2.37. The molecule has 0 unspecified atom stereocenters. The van der Waals surface area contributed by atoms with Crippen molar-refractivity contribution in [2.45, 2.75) is 52.3 Å². The summed E-state index contributed by atoms with van der Waals surface area (Å²) in [7, 11) is 0. The molecule has 0 saturated heterocycles. The second-order valence-electron chi connectivity index (χ2n) is 5.76. The predicted octanol–water partition coefficient (Wildman–Crippen LogP) is 3.98. The zero-order valence-electron chi connectivity index (χ0n) is 12.8. The Morgan fingerprint density at radius 3 is 2.90 bits per heavy atom. The molecular formula is C18H23NO2. The number of aryl methyl sites for hydroxylation is 2. The Labute approximate surface area is 126 Å². The van der Waals surface area contributed by atoms with Crippen molar-refractivity contribution in [2.75, 3.05) is 0 Å². The van der Waals surface area contributed by atoms with Crippen molar-refractivity contribution in [3.63, 3.8) is 0 Å². The normalized spacial score (nSPS) is 14.4. The van der Waals surface area contributed by atoms with Crippen LogP contribution in [0.2, 0.25) is 0 Å². The van der Waals surface area contributed by atoms with Gasteiger partial charge in [0.25, 0.3) is 0 Å². The molecule has 1 fully saturated rings. The van der Waals surface area contributed by atoms with Crippen LogP contribution in [-0.2, 0) is 19.6 Å². The van der Waals surface area contributed by atoms with Gasteiger partial charge < -0.3 is 14.5 Å². The van der Waals surface area contributed by atoms with Gasteiger partial charge in [0.15, 0.2) is 0 Å². The van der Waals surface area contributed by atoms with Crippen LogP contribution in [0.4, 0.5) is 0 Å². The molecular weight excluding hydrogens is 262 g/mol. The zero-order valence-corrected chi connectivity index (χ0v) is 12.8. The van der Waals surface area contributed by atoms with E-state index >= 15 is 0 Å². The topological polar surface area (TPSA) is 34.4 Å². The molecule has 1 aliphatic carbocycles. The fraction of sp³-hybridized carbons (Fsp3) is 0.444. The number of ether oxygens (including phenoxy) is 1. The van der Waals surface area contributed by atoms with Crippen LogP contribution < -0.4 is 10.1 Å². The molecule has 0 spiro atoms. The number of hydrogen-bond acceptors (Lipinski definition) is 3. The average Bonchev–Trinajstić information content (AvgIpc) is 3.27. The molecule has 0 bridgehead atoms. The molecule has 3 heteroatoms. The minimum Gasteiger partial charge on any atom is -0.486 e. The highest BCUT2D eigenvalue weighted by molar-refractivity contribution is 5.28. The fourth-order valence-corrected chi connectivity index (χ4v) is 2.37. The molecule has 1 saturated carbocycles. The molecule has 0 radical (unpaired) electrons. The average molecular weight is 285 g/mol. The van der Waals surface area contributed by atoms with Crippen LogP contribution in [0.15, 0.2) is 34.7 Å². The van der Waals surface area contributed by atoms with Crippen molar-refractivity contribution >= 4 is 0 Å². The summed E-state index contributed by atoms with van der Waals surface area (Å²) < 4.78 is 11.7. The summed E-state index contributed by atoms with van der Waals surface area (Å²) in [6, 6.07) is 11.0. The molecule has 112 valence electrons. The minimum absolute atomic E-state index is 0.484. The van der Waals surface area contributed by atoms with Crippen LogP contribution in [0, 0.1) is 6.92 Å². The highest BCUT2D eigenvalue weighted by Gasteiger charge is 2.21. The maximum atomic E-state index is 5.88. The Morgan fingerprint density at radius 2 is 2.14 bits per heavy atom. The third-order valence-corrected chi connectivity index (χ3v) is 3.89. The summed E-state index contributed by atoms with van der Waals surface area (Å²) in [5.74, 6) is 2.82. The van der Waals surface area contributed by atoms with Gasteiger partial charge in [-0.3, -0.25) is 0 Å². The molecule has 3 nitrogen and oxygen atoms in total. The summed E-state index contributed by atoms with van der Waals surface area (Å²) in [5.41, 5.74) is 2.49. The number of hydrogen-bond donors (Lipinski definition) is 1. The van der Waals surface area contributed by atoms with Gasteiger partial charge in [-0.1, -0.05) is 19.1 Å². The largest absolute Gasteiger partial charge is 0.486 e. The Kier molecular flexibility index (Phi) is 4.30. The molecule has 3 rings (SSSR count). The molecule has 21 heavy (non-hydrogen) atoms. The third-order valence-electron chi connectivity index (χ3n) is 3.89. The first-order chi connectivity index (χ1) is 10.2. The lowest BCUT2D eigenvalue weighted by molar-refractivity contribution is 0.264. The van der Waals surface area contributed by atoms with E-state index in [4.69, 9.17) is 9.15 Å². The first kappa shape index (κ1) is 14.2. The highest BCUT2D eigenvalue weighted by Crippen LogP contribution is 2.22. The summed E-state index contributed by atoms with van der Waals surface area (Å²) in [6.45, 7) is 5.54. The smallest absolute Gasteiger partial charge is 0.146 e. The van der Waals surface area contributed by atoms with Crippen LogP contribution in [-0.4, -0.2) is 6.04 Å². The lowest BCUT2D eigenvalue weighted by atomic mass is 10.2. The SMILES string of the molecule is CCc1cccc(OCc2cc(C)c(CNC3CC3)o2)c1. The van der Waals surface area contributed by atoms with Crippen LogP contribution in [0.1, 0.15) is 42.4 Å². The summed E-state index contributed by atoms with van der Waals surface area (Å²) in [6.07, 6.45) is 3.61. The van der Waals surface area contributed by atoms with Crippen molar-refractivity contribution in [3.8, 4) is 5.75 Å². The van der Waals surface area contributed by atoms with E-state index < -0.39 is 0 Å². The van der Waals surface area contributed by atoms with E-state index in [1.807, 2.05) is 12.1 Å². The summed E-state index contributed by atoms with van der Waals surface area (Å²) in [5, 5.41) is 3.48. The summed E-state index contributed by atoms with van der Waals surface area (Å²) in [4.78, 5) is 0. The maximum Gasteiger partial charge on any atom is 0.146 e. The van der Waals surface area contributed by atoms with Gasteiger partial charge in [0.05, 0.1) is 6.54 Å². The monoisotopic (exact) mass is 285 g/mol. The highest BCUT2D eigenvalue weighted by atomic mass is 16.5. The molecule has 1 aromatic heterocycles. The Morgan fingerprint density at radius 1 is 1.29 bits per heavy atom. The second kappa shape index (κ2) is 6.35. The molecule has 0 atom stereocenters. The minimum atomic E-state index is 0.484. The Hall–Kier alpha value is -1.74. The zero-order chi connectivity index (χ0) is 14.7. The molecule has 1 aromatic carbocycles. The van der Waals surface area contributed by atoms with Gasteiger partial charge in [0.1, 0.15) is 23.9 Å². The van der Waals surface area contributed by atoms with Crippen molar-refractivity contribution in [2.24, 2.45) is 0 Å². The number of benzene rings is 1. The van der Waals surface area contributed by atoms with Crippen molar-refractivity contribution in [1.29, 1.82) is 0 Å². The lowest BCUT2D eigenvalue weighted by Gasteiger charge is -2.05. The van der Waals surface area contributed by atoms with E-state index in [0.29, 0.717) is 12.6 Å². The lowest BCUT2D eigenvalue weighted by Crippen LogP contribution is -2.15. The molecule has 1 N–H and O–H groups in total.